The van der Waals surface area contributed by atoms with Crippen LogP contribution in [0.15, 0.2) is 192 Å². The average Bonchev–Trinajstić information content (AvgIpc) is 3.57. The van der Waals surface area contributed by atoms with Crippen molar-refractivity contribution in [1.82, 2.24) is 15.0 Å². The number of anilines is 1. The number of hydrogen-bond donors (Lipinski definition) is 1. The van der Waals surface area contributed by atoms with Crippen LogP contribution in [0, 0.1) is 0 Å². The van der Waals surface area contributed by atoms with Crippen molar-refractivity contribution in [2.75, 3.05) is 5.73 Å². The minimum Gasteiger partial charge on any atom is -0.399 e. The van der Waals surface area contributed by atoms with Crippen LogP contribution in [0.5, 0.6) is 0 Å². The second kappa shape index (κ2) is 13.4. The van der Waals surface area contributed by atoms with Crippen LogP contribution in [0.3, 0.4) is 0 Å². The molecule has 270 valence electrons. The van der Waals surface area contributed by atoms with Gasteiger partial charge < -0.3 is 5.73 Å². The van der Waals surface area contributed by atoms with Crippen molar-refractivity contribution >= 4 is 23.0 Å². The second-order valence-electron chi connectivity index (χ2n) is 14.8. The summed E-state index contributed by atoms with van der Waals surface area (Å²) in [6, 6.07) is 58.4. The Morgan fingerprint density at radius 2 is 1.00 bits per heavy atom. The van der Waals surface area contributed by atoms with Gasteiger partial charge in [-0.15, -0.1) is 0 Å². The van der Waals surface area contributed by atoms with E-state index in [2.05, 4.69) is 152 Å². The number of nitrogen functional groups attached to an aromatic ring is 1. The smallest absolute Gasteiger partial charge is 0.165 e. The molecule has 0 saturated carbocycles. The predicted molar refractivity (Wildman–Crippen MR) is 234 cm³/mol. The number of hydrogen-bond acceptors (Lipinski definition) is 5. The summed E-state index contributed by atoms with van der Waals surface area (Å²) in [5.74, 6) is 1.94. The first-order valence-corrected chi connectivity index (χ1v) is 20.3. The maximum Gasteiger partial charge on any atom is 0.165 e. The molecular weight excluding hydrogens is 713 g/mol. The van der Waals surface area contributed by atoms with Crippen LogP contribution < -0.4 is 5.73 Å². The number of aromatic nitrogens is 3. The lowest BCUT2D eigenvalue weighted by molar-refractivity contribution is 0.723. The molecule has 2 N–H and O–H groups in total. The van der Waals surface area contributed by atoms with Crippen molar-refractivity contribution in [3.05, 3.63) is 210 Å². The second-order valence-corrected chi connectivity index (χ2v) is 15.9. The van der Waals surface area contributed by atoms with Crippen LogP contribution in [0.2, 0.25) is 0 Å². The third-order valence-electron chi connectivity index (χ3n) is 11.6. The summed E-state index contributed by atoms with van der Waals surface area (Å²) < 4.78 is 0. The molecular formula is C52H36N4S. The minimum atomic E-state index is -0.579. The highest BCUT2D eigenvalue weighted by Gasteiger charge is 2.51. The van der Waals surface area contributed by atoms with E-state index in [9.17, 15) is 0 Å². The highest BCUT2D eigenvalue weighted by molar-refractivity contribution is 7.99. The Kier molecular flexibility index (Phi) is 7.90. The predicted octanol–water partition coefficient (Wildman–Crippen LogP) is 12.7. The quantitative estimate of drug-likeness (QED) is 0.178. The molecule has 2 heterocycles. The van der Waals surface area contributed by atoms with Crippen molar-refractivity contribution < 1.29 is 0 Å². The lowest BCUT2D eigenvalue weighted by atomic mass is 9.66. The molecule has 0 unspecified atom stereocenters. The van der Waals surface area contributed by atoms with E-state index in [-0.39, 0.29) is 0 Å². The standard InChI is InChI=1S/C52H36N4S/c53-38-22-12-20-36(32-38)39-25-13-29-45-47(39)57-48-42(26-14-30-46(48)52(45)43-27-9-7-23-40(43)41-24-8-10-28-44(41)52)51-55-49(34-17-5-2-6-18-34)54-50(56-51)37-21-11-19-35(31-37)33-15-3-1-4-16-33/h1-3,5-15,17-32H,4,16,53H2. The van der Waals surface area contributed by atoms with Gasteiger partial charge in [0.25, 0.3) is 0 Å². The first-order valence-electron chi connectivity index (χ1n) is 19.5. The molecule has 1 aromatic heterocycles. The van der Waals surface area contributed by atoms with Gasteiger partial charge in [-0.25, -0.2) is 15.0 Å². The van der Waals surface area contributed by atoms with Gasteiger partial charge in [0.2, 0.25) is 0 Å². The largest absolute Gasteiger partial charge is 0.399 e. The number of nitrogens with zero attached hydrogens (tertiary/aromatic N) is 3. The zero-order chi connectivity index (χ0) is 37.9. The van der Waals surface area contributed by atoms with Crippen molar-refractivity contribution in [2.45, 2.75) is 28.0 Å². The van der Waals surface area contributed by atoms with Gasteiger partial charge in [0.1, 0.15) is 0 Å². The van der Waals surface area contributed by atoms with Crippen molar-refractivity contribution in [3.63, 3.8) is 0 Å². The van der Waals surface area contributed by atoms with Crippen LogP contribution in [0.4, 0.5) is 5.69 Å². The molecule has 5 heteroatoms. The Hall–Kier alpha value is -6.82. The summed E-state index contributed by atoms with van der Waals surface area (Å²) in [5, 5.41) is 0. The molecule has 3 aliphatic rings. The van der Waals surface area contributed by atoms with E-state index in [4.69, 9.17) is 20.7 Å². The number of allylic oxidation sites excluding steroid dienone is 4. The van der Waals surface area contributed by atoms with Gasteiger partial charge in [-0.3, -0.25) is 0 Å². The highest BCUT2D eigenvalue weighted by atomic mass is 32.2. The van der Waals surface area contributed by atoms with E-state index in [1.54, 1.807) is 0 Å². The van der Waals surface area contributed by atoms with Crippen LogP contribution in [0.1, 0.15) is 40.7 Å². The van der Waals surface area contributed by atoms with E-state index in [0.29, 0.717) is 17.5 Å². The van der Waals surface area contributed by atoms with Gasteiger partial charge in [-0.1, -0.05) is 176 Å². The Balaban J connectivity index is 1.19. The molecule has 8 aromatic rings. The topological polar surface area (TPSA) is 64.7 Å². The van der Waals surface area contributed by atoms with E-state index in [1.807, 2.05) is 42.1 Å². The monoisotopic (exact) mass is 748 g/mol. The summed E-state index contributed by atoms with van der Waals surface area (Å²) in [6.07, 6.45) is 8.65. The normalized spacial score (nSPS) is 14.4. The molecule has 0 bridgehead atoms. The lowest BCUT2D eigenvalue weighted by Crippen LogP contribution is -2.32. The van der Waals surface area contributed by atoms with Crippen LogP contribution in [0.25, 0.3) is 62.0 Å². The molecule has 0 atom stereocenters. The molecule has 0 radical (unpaired) electrons. The molecule has 1 aliphatic heterocycles. The van der Waals surface area contributed by atoms with Crippen molar-refractivity contribution in [1.29, 1.82) is 0 Å². The summed E-state index contributed by atoms with van der Waals surface area (Å²) >= 11 is 1.81. The van der Waals surface area contributed by atoms with E-state index < -0.39 is 5.41 Å². The van der Waals surface area contributed by atoms with Gasteiger partial charge in [0.05, 0.1) is 5.41 Å². The number of nitrogens with two attached hydrogens (primary N) is 1. The zero-order valence-electron chi connectivity index (χ0n) is 31.1. The molecule has 1 spiro atoms. The Bertz CT molecular complexity index is 2920. The third-order valence-corrected chi connectivity index (χ3v) is 12.9. The fourth-order valence-electron chi connectivity index (χ4n) is 9.10. The molecule has 0 fully saturated rings. The Morgan fingerprint density at radius 1 is 0.456 bits per heavy atom. The Labute approximate surface area is 336 Å². The van der Waals surface area contributed by atoms with Crippen LogP contribution >= 0.6 is 11.8 Å². The third kappa shape index (κ3) is 5.34. The van der Waals surface area contributed by atoms with E-state index in [0.717, 1.165) is 51.2 Å². The van der Waals surface area contributed by atoms with Gasteiger partial charge >= 0.3 is 0 Å². The van der Waals surface area contributed by atoms with Crippen LogP contribution in [-0.4, -0.2) is 15.0 Å². The summed E-state index contributed by atoms with van der Waals surface area (Å²) in [5.41, 5.74) is 21.8. The zero-order valence-corrected chi connectivity index (χ0v) is 31.9. The fraction of sp³-hybridized carbons (Fsp3) is 0.0577. The highest BCUT2D eigenvalue weighted by Crippen LogP contribution is 2.64. The summed E-state index contributed by atoms with van der Waals surface area (Å²) in [6.45, 7) is 0. The first kappa shape index (κ1) is 33.5. The first-order chi connectivity index (χ1) is 28.2. The average molecular weight is 749 g/mol. The molecule has 7 aromatic carbocycles. The summed E-state index contributed by atoms with van der Waals surface area (Å²) in [4.78, 5) is 18.2. The van der Waals surface area contributed by atoms with Gasteiger partial charge in [-0.2, -0.15) is 0 Å². The molecule has 11 rings (SSSR count). The number of benzene rings is 7. The van der Waals surface area contributed by atoms with Gasteiger partial charge in [0.15, 0.2) is 17.5 Å². The maximum atomic E-state index is 6.43. The molecule has 0 amide bonds. The molecule has 4 nitrogen and oxygen atoms in total. The fourth-order valence-corrected chi connectivity index (χ4v) is 10.5. The van der Waals surface area contributed by atoms with Gasteiger partial charge in [-0.05, 0) is 86.7 Å². The molecule has 2 aliphatic carbocycles. The SMILES string of the molecule is Nc1cccc(-c2cccc3c2Sc2c(-c4nc(-c5ccccc5)nc(-c5cccc(C6=CC=CCC6)c5)n4)cccc2C32c3ccccc3-c3ccccc32)c1. The van der Waals surface area contributed by atoms with Crippen LogP contribution in [-0.2, 0) is 5.41 Å². The van der Waals surface area contributed by atoms with E-state index >= 15 is 0 Å². The van der Waals surface area contributed by atoms with E-state index in [1.165, 1.54) is 49.4 Å². The molecule has 57 heavy (non-hydrogen) atoms. The molecule has 0 saturated heterocycles. The maximum absolute atomic E-state index is 6.43. The number of fused-ring (bicyclic) bond motifs is 9. The van der Waals surface area contributed by atoms with Gasteiger partial charge in [0, 0.05) is 32.2 Å². The lowest BCUT2D eigenvalue weighted by Gasteiger charge is -2.41. The summed E-state index contributed by atoms with van der Waals surface area (Å²) in [7, 11) is 0. The number of rotatable bonds is 5. The Morgan fingerprint density at radius 3 is 1.72 bits per heavy atom. The minimum absolute atomic E-state index is 0.579. The van der Waals surface area contributed by atoms with Crippen molar-refractivity contribution in [3.8, 4) is 56.4 Å². The van der Waals surface area contributed by atoms with Crippen molar-refractivity contribution in [2.24, 2.45) is 0 Å².